The van der Waals surface area contributed by atoms with Gasteiger partial charge >= 0.3 is 11.9 Å². The van der Waals surface area contributed by atoms with Crippen LogP contribution in [0.2, 0.25) is 0 Å². The number of hydrogen-bond acceptors (Lipinski definition) is 5. The standard InChI is InChI=1S/C11H16N2O4S/c1-7-8(2)18-11(12-7)13(5-3-9(14)15)6-4-10(16)17/h3-6H2,1-2H3,(H,14,15)(H,16,17). The van der Waals surface area contributed by atoms with Gasteiger partial charge in [-0.2, -0.15) is 0 Å². The summed E-state index contributed by atoms with van der Waals surface area (Å²) in [5.41, 5.74) is 0.894. The van der Waals surface area contributed by atoms with E-state index in [4.69, 9.17) is 10.2 Å². The molecule has 1 heterocycles. The van der Waals surface area contributed by atoms with Gasteiger partial charge in [0.25, 0.3) is 0 Å². The molecule has 0 aliphatic rings. The molecule has 0 saturated carbocycles. The summed E-state index contributed by atoms with van der Waals surface area (Å²) >= 11 is 1.45. The maximum atomic E-state index is 10.6. The van der Waals surface area contributed by atoms with Crippen LogP contribution in [0.5, 0.6) is 0 Å². The Labute approximate surface area is 109 Å². The largest absolute Gasteiger partial charge is 0.481 e. The van der Waals surface area contributed by atoms with Gasteiger partial charge in [-0.15, -0.1) is 11.3 Å². The lowest BCUT2D eigenvalue weighted by Crippen LogP contribution is -2.28. The van der Waals surface area contributed by atoms with Crippen LogP contribution in [0.1, 0.15) is 23.4 Å². The molecule has 18 heavy (non-hydrogen) atoms. The first-order chi connectivity index (χ1) is 8.40. The van der Waals surface area contributed by atoms with Gasteiger partial charge in [-0.05, 0) is 13.8 Å². The Morgan fingerprint density at radius 1 is 1.17 bits per heavy atom. The minimum atomic E-state index is -0.902. The van der Waals surface area contributed by atoms with E-state index in [0.29, 0.717) is 5.13 Å². The lowest BCUT2D eigenvalue weighted by Gasteiger charge is -2.19. The second-order valence-electron chi connectivity index (χ2n) is 3.91. The maximum absolute atomic E-state index is 10.6. The number of carboxylic acids is 2. The van der Waals surface area contributed by atoms with E-state index >= 15 is 0 Å². The number of carboxylic acid groups (broad SMARTS) is 2. The SMILES string of the molecule is Cc1nc(N(CCC(=O)O)CCC(=O)O)sc1C. The van der Waals surface area contributed by atoms with Crippen LogP contribution in [0.3, 0.4) is 0 Å². The van der Waals surface area contributed by atoms with Gasteiger partial charge in [-0.25, -0.2) is 4.98 Å². The zero-order chi connectivity index (χ0) is 13.7. The van der Waals surface area contributed by atoms with Gasteiger partial charge in [0, 0.05) is 18.0 Å². The molecule has 100 valence electrons. The average molecular weight is 272 g/mol. The molecule has 6 nitrogen and oxygen atoms in total. The normalized spacial score (nSPS) is 10.3. The molecule has 0 radical (unpaired) electrons. The Morgan fingerprint density at radius 3 is 2.00 bits per heavy atom. The van der Waals surface area contributed by atoms with E-state index in [0.717, 1.165) is 10.6 Å². The first-order valence-electron chi connectivity index (χ1n) is 5.52. The molecular formula is C11H16N2O4S. The number of carbonyl (C=O) groups is 2. The van der Waals surface area contributed by atoms with Crippen LogP contribution in [-0.4, -0.2) is 40.2 Å². The minimum Gasteiger partial charge on any atom is -0.481 e. The Bertz CT molecular complexity index is 407. The number of thiazole rings is 1. The fourth-order valence-corrected chi connectivity index (χ4v) is 2.32. The lowest BCUT2D eigenvalue weighted by atomic mass is 10.3. The Kier molecular flexibility index (Phi) is 5.08. The topological polar surface area (TPSA) is 90.7 Å². The van der Waals surface area contributed by atoms with Crippen LogP contribution in [0, 0.1) is 13.8 Å². The summed E-state index contributed by atoms with van der Waals surface area (Å²) in [5.74, 6) is -1.80. The molecule has 0 aromatic carbocycles. The third-order valence-electron chi connectivity index (χ3n) is 2.48. The third kappa shape index (κ3) is 4.33. The molecule has 1 aromatic heterocycles. The second kappa shape index (κ2) is 6.34. The Hall–Kier alpha value is -1.63. The zero-order valence-electron chi connectivity index (χ0n) is 10.3. The fourth-order valence-electron chi connectivity index (χ4n) is 1.36. The Balaban J connectivity index is 2.75. The molecule has 0 spiro atoms. The molecular weight excluding hydrogens is 256 g/mol. The highest BCUT2D eigenvalue weighted by molar-refractivity contribution is 7.15. The molecule has 2 N–H and O–H groups in total. The smallest absolute Gasteiger partial charge is 0.305 e. The second-order valence-corrected chi connectivity index (χ2v) is 5.09. The van der Waals surface area contributed by atoms with Crippen molar-refractivity contribution >= 4 is 28.4 Å². The van der Waals surface area contributed by atoms with Crippen molar-refractivity contribution in [3.63, 3.8) is 0 Å². The van der Waals surface area contributed by atoms with Crippen molar-refractivity contribution in [2.75, 3.05) is 18.0 Å². The maximum Gasteiger partial charge on any atom is 0.305 e. The molecule has 7 heteroatoms. The molecule has 0 aliphatic heterocycles. The number of anilines is 1. The number of aromatic nitrogens is 1. The van der Waals surface area contributed by atoms with E-state index in [-0.39, 0.29) is 25.9 Å². The van der Waals surface area contributed by atoms with E-state index in [9.17, 15) is 9.59 Å². The summed E-state index contributed by atoms with van der Waals surface area (Å²) in [7, 11) is 0. The minimum absolute atomic E-state index is 0.0305. The molecule has 0 unspecified atom stereocenters. The molecule has 0 aliphatic carbocycles. The van der Waals surface area contributed by atoms with Gasteiger partial charge in [0.2, 0.25) is 0 Å². The molecule has 0 amide bonds. The predicted octanol–water partition coefficient (Wildman–Crippen LogP) is 1.52. The highest BCUT2D eigenvalue weighted by Gasteiger charge is 2.14. The van der Waals surface area contributed by atoms with Crippen molar-refractivity contribution < 1.29 is 19.8 Å². The van der Waals surface area contributed by atoms with Crippen LogP contribution in [0.15, 0.2) is 0 Å². The van der Waals surface area contributed by atoms with Crippen molar-refractivity contribution in [1.29, 1.82) is 0 Å². The molecule has 0 bridgehead atoms. The van der Waals surface area contributed by atoms with Crippen molar-refractivity contribution in [2.45, 2.75) is 26.7 Å². The summed E-state index contributed by atoms with van der Waals surface area (Å²) in [5, 5.41) is 18.1. The summed E-state index contributed by atoms with van der Waals surface area (Å²) in [6.45, 7) is 4.36. The fraction of sp³-hybridized carbons (Fsp3) is 0.545. The van der Waals surface area contributed by atoms with Gasteiger partial charge in [-0.3, -0.25) is 9.59 Å². The molecule has 1 rings (SSSR count). The van der Waals surface area contributed by atoms with E-state index in [2.05, 4.69) is 4.98 Å². The van der Waals surface area contributed by atoms with E-state index in [1.807, 2.05) is 13.8 Å². The molecule has 0 fully saturated rings. The van der Waals surface area contributed by atoms with E-state index in [1.54, 1.807) is 4.90 Å². The summed E-state index contributed by atoms with van der Waals surface area (Å²) in [6, 6.07) is 0. The number of hydrogen-bond donors (Lipinski definition) is 2. The monoisotopic (exact) mass is 272 g/mol. The van der Waals surface area contributed by atoms with Gasteiger partial charge < -0.3 is 15.1 Å². The molecule has 0 saturated heterocycles. The number of nitrogens with zero attached hydrogens (tertiary/aromatic N) is 2. The third-order valence-corrected chi connectivity index (χ3v) is 3.61. The van der Waals surface area contributed by atoms with Gasteiger partial charge in [0.15, 0.2) is 5.13 Å². The highest BCUT2D eigenvalue weighted by Crippen LogP contribution is 2.25. The molecule has 1 aromatic rings. The van der Waals surface area contributed by atoms with Gasteiger partial charge in [-0.1, -0.05) is 0 Å². The van der Waals surface area contributed by atoms with E-state index < -0.39 is 11.9 Å². The number of aliphatic carboxylic acids is 2. The zero-order valence-corrected chi connectivity index (χ0v) is 11.2. The van der Waals surface area contributed by atoms with Crippen molar-refractivity contribution in [3.8, 4) is 0 Å². The number of aryl methyl sites for hydroxylation is 2. The van der Waals surface area contributed by atoms with Gasteiger partial charge in [0.1, 0.15) is 0 Å². The number of rotatable bonds is 7. The molecule has 0 atom stereocenters. The van der Waals surface area contributed by atoms with Crippen LogP contribution in [0.4, 0.5) is 5.13 Å². The van der Waals surface area contributed by atoms with Crippen LogP contribution in [-0.2, 0) is 9.59 Å². The quantitative estimate of drug-likeness (QED) is 0.782. The average Bonchev–Trinajstić information content (AvgIpc) is 2.58. The predicted molar refractivity (Wildman–Crippen MR) is 68.3 cm³/mol. The van der Waals surface area contributed by atoms with Crippen LogP contribution >= 0.6 is 11.3 Å². The summed E-state index contributed by atoms with van der Waals surface area (Å²) in [6.07, 6.45) is -0.0609. The highest BCUT2D eigenvalue weighted by atomic mass is 32.1. The first-order valence-corrected chi connectivity index (χ1v) is 6.34. The van der Waals surface area contributed by atoms with Crippen molar-refractivity contribution in [1.82, 2.24) is 4.98 Å². The van der Waals surface area contributed by atoms with Crippen molar-refractivity contribution in [3.05, 3.63) is 10.6 Å². The van der Waals surface area contributed by atoms with Crippen LogP contribution < -0.4 is 4.90 Å². The van der Waals surface area contributed by atoms with Crippen molar-refractivity contribution in [2.24, 2.45) is 0 Å². The summed E-state index contributed by atoms with van der Waals surface area (Å²) in [4.78, 5) is 28.3. The lowest BCUT2D eigenvalue weighted by molar-refractivity contribution is -0.137. The Morgan fingerprint density at radius 2 is 1.67 bits per heavy atom. The first kappa shape index (κ1) is 14.4. The summed E-state index contributed by atoms with van der Waals surface area (Å²) < 4.78 is 0. The van der Waals surface area contributed by atoms with E-state index in [1.165, 1.54) is 11.3 Å². The van der Waals surface area contributed by atoms with Crippen LogP contribution in [0.25, 0.3) is 0 Å². The van der Waals surface area contributed by atoms with Gasteiger partial charge in [0.05, 0.1) is 18.5 Å².